The molecule has 1 N–H and O–H groups in total. The van der Waals surface area contributed by atoms with Crippen LogP contribution in [-0.4, -0.2) is 44.9 Å². The molecule has 1 amide bonds. The lowest BCUT2D eigenvalue weighted by Crippen LogP contribution is -2.29. The zero-order valence-corrected chi connectivity index (χ0v) is 16.9. The van der Waals surface area contributed by atoms with Gasteiger partial charge < -0.3 is 14.6 Å². The highest BCUT2D eigenvalue weighted by atomic mass is 32.2. The van der Waals surface area contributed by atoms with Gasteiger partial charge in [0.1, 0.15) is 5.75 Å². The predicted molar refractivity (Wildman–Crippen MR) is 107 cm³/mol. The summed E-state index contributed by atoms with van der Waals surface area (Å²) in [5.41, 5.74) is 1.20. The zero-order valence-electron chi connectivity index (χ0n) is 16.1. The van der Waals surface area contributed by atoms with Crippen molar-refractivity contribution in [2.24, 2.45) is 0 Å². The summed E-state index contributed by atoms with van der Waals surface area (Å²) in [6.45, 7) is -0.00722. The van der Waals surface area contributed by atoms with Crippen LogP contribution in [0.3, 0.4) is 0 Å². The molecule has 1 heterocycles. The van der Waals surface area contributed by atoms with Crippen LogP contribution < -0.4 is 14.4 Å². The summed E-state index contributed by atoms with van der Waals surface area (Å²) in [6, 6.07) is 13.6. The molecule has 1 aromatic heterocycles. The van der Waals surface area contributed by atoms with Crippen LogP contribution in [0.4, 0.5) is 5.69 Å². The number of amides is 1. The normalized spacial score (nSPS) is 11.1. The molecule has 0 radical (unpaired) electrons. The van der Waals surface area contributed by atoms with Gasteiger partial charge in [0.15, 0.2) is 0 Å². The topological polar surface area (TPSA) is 115 Å². The van der Waals surface area contributed by atoms with Crippen LogP contribution >= 0.6 is 0 Å². The first kappa shape index (κ1) is 20.3. The smallest absolute Gasteiger partial charge is 0.253 e. The first-order chi connectivity index (χ1) is 13.8. The average Bonchev–Trinajstić information content (AvgIpc) is 3.20. The second-order valence-electron chi connectivity index (χ2n) is 6.17. The third-order valence-corrected chi connectivity index (χ3v) is 5.37. The number of ether oxygens (including phenoxy) is 1. The van der Waals surface area contributed by atoms with Crippen LogP contribution in [0.5, 0.6) is 5.75 Å². The monoisotopic (exact) mass is 416 g/mol. The Morgan fingerprint density at radius 1 is 1.21 bits per heavy atom. The van der Waals surface area contributed by atoms with E-state index in [0.29, 0.717) is 17.1 Å². The molecular weight excluding hydrogens is 396 g/mol. The maximum absolute atomic E-state index is 12.6. The summed E-state index contributed by atoms with van der Waals surface area (Å²) >= 11 is 0. The fraction of sp³-hybridized carbons (Fsp3) is 0.211. The molecule has 2 aromatic carbocycles. The Bertz CT molecular complexity index is 1130. The van der Waals surface area contributed by atoms with E-state index in [2.05, 4.69) is 15.5 Å². The van der Waals surface area contributed by atoms with Gasteiger partial charge in [-0.1, -0.05) is 29.4 Å². The third kappa shape index (κ3) is 4.72. The molecule has 152 valence electrons. The minimum absolute atomic E-state index is 0.00722. The van der Waals surface area contributed by atoms with E-state index in [1.807, 2.05) is 6.07 Å². The molecule has 0 fully saturated rings. The van der Waals surface area contributed by atoms with Gasteiger partial charge in [-0.15, -0.1) is 0 Å². The summed E-state index contributed by atoms with van der Waals surface area (Å²) in [6.07, 6.45) is 1.07. The fourth-order valence-corrected chi connectivity index (χ4v) is 3.09. The van der Waals surface area contributed by atoms with Crippen molar-refractivity contribution in [2.75, 3.05) is 24.7 Å². The van der Waals surface area contributed by atoms with Crippen LogP contribution in [0.1, 0.15) is 16.2 Å². The Morgan fingerprint density at radius 2 is 1.97 bits per heavy atom. The van der Waals surface area contributed by atoms with E-state index in [4.69, 9.17) is 9.26 Å². The lowest BCUT2D eigenvalue weighted by molar-refractivity contribution is 0.0947. The number of rotatable bonds is 7. The molecule has 3 aromatic rings. The number of hydrogen-bond donors (Lipinski definition) is 1. The van der Waals surface area contributed by atoms with Crippen molar-refractivity contribution < 1.29 is 22.5 Å². The molecule has 0 aliphatic heterocycles. The lowest BCUT2D eigenvalue weighted by atomic mass is 10.1. The zero-order chi connectivity index (χ0) is 21.0. The number of carbonyl (C=O) groups is 1. The molecule has 0 unspecified atom stereocenters. The molecule has 0 saturated heterocycles. The van der Waals surface area contributed by atoms with Gasteiger partial charge in [0, 0.05) is 12.6 Å². The molecule has 0 saturated carbocycles. The quantitative estimate of drug-likeness (QED) is 0.627. The minimum Gasteiger partial charge on any atom is -0.497 e. The highest BCUT2D eigenvalue weighted by Gasteiger charge is 2.20. The van der Waals surface area contributed by atoms with Gasteiger partial charge >= 0.3 is 0 Å². The molecule has 29 heavy (non-hydrogen) atoms. The van der Waals surface area contributed by atoms with Gasteiger partial charge in [0.2, 0.25) is 21.7 Å². The van der Waals surface area contributed by atoms with Crippen LogP contribution in [0.25, 0.3) is 11.4 Å². The fourth-order valence-electron chi connectivity index (χ4n) is 2.58. The van der Waals surface area contributed by atoms with Crippen LogP contribution in [0.15, 0.2) is 53.1 Å². The van der Waals surface area contributed by atoms with E-state index in [1.54, 1.807) is 49.6 Å². The highest BCUT2D eigenvalue weighted by Crippen LogP contribution is 2.22. The Morgan fingerprint density at radius 3 is 2.69 bits per heavy atom. The first-order valence-corrected chi connectivity index (χ1v) is 10.4. The summed E-state index contributed by atoms with van der Waals surface area (Å²) in [5.74, 6) is 0.779. The number of nitrogens with zero attached hydrogens (tertiary/aromatic N) is 3. The molecule has 0 atom stereocenters. The van der Waals surface area contributed by atoms with E-state index in [9.17, 15) is 13.2 Å². The minimum atomic E-state index is -3.51. The van der Waals surface area contributed by atoms with Crippen molar-refractivity contribution in [1.29, 1.82) is 0 Å². The lowest BCUT2D eigenvalue weighted by Gasteiger charge is -2.19. The molecule has 3 rings (SSSR count). The number of nitrogens with one attached hydrogen (secondary N) is 1. The summed E-state index contributed by atoms with van der Waals surface area (Å²) < 4.78 is 35.1. The van der Waals surface area contributed by atoms with Crippen molar-refractivity contribution in [3.63, 3.8) is 0 Å². The van der Waals surface area contributed by atoms with Crippen molar-refractivity contribution in [2.45, 2.75) is 6.54 Å². The largest absolute Gasteiger partial charge is 0.497 e. The third-order valence-electron chi connectivity index (χ3n) is 4.18. The van der Waals surface area contributed by atoms with E-state index in [1.165, 1.54) is 7.05 Å². The van der Waals surface area contributed by atoms with E-state index >= 15 is 0 Å². The molecule has 0 aliphatic carbocycles. The van der Waals surface area contributed by atoms with E-state index in [-0.39, 0.29) is 23.7 Å². The van der Waals surface area contributed by atoms with Crippen molar-refractivity contribution in [1.82, 2.24) is 15.5 Å². The highest BCUT2D eigenvalue weighted by molar-refractivity contribution is 7.92. The molecule has 9 nitrogen and oxygen atoms in total. The molecular formula is C19H20N4O5S. The summed E-state index contributed by atoms with van der Waals surface area (Å²) in [7, 11) is -0.556. The molecule has 10 heteroatoms. The van der Waals surface area contributed by atoms with Gasteiger partial charge in [0.25, 0.3) is 5.91 Å². The Hall–Kier alpha value is -3.40. The second kappa shape index (κ2) is 8.31. The van der Waals surface area contributed by atoms with Gasteiger partial charge in [-0.2, -0.15) is 4.98 Å². The van der Waals surface area contributed by atoms with Crippen molar-refractivity contribution in [3.8, 4) is 17.1 Å². The van der Waals surface area contributed by atoms with Crippen molar-refractivity contribution in [3.05, 3.63) is 60.0 Å². The molecule has 0 spiro atoms. The standard InChI is InChI=1S/C19H20N4O5S/c1-23(29(3,25)26)16-10-5-4-9-15(16)19(24)20-12-17-21-18(22-28-17)13-7-6-8-14(11-13)27-2/h4-11H,12H2,1-3H3,(H,20,24). The second-order valence-corrected chi connectivity index (χ2v) is 8.19. The first-order valence-electron chi connectivity index (χ1n) is 8.57. The molecule has 0 aliphatic rings. The number of hydrogen-bond acceptors (Lipinski definition) is 7. The Balaban J connectivity index is 1.73. The molecule has 0 bridgehead atoms. The number of sulfonamides is 1. The number of aromatic nitrogens is 2. The van der Waals surface area contributed by atoms with Gasteiger partial charge in [-0.3, -0.25) is 9.10 Å². The SMILES string of the molecule is COc1cccc(-c2noc(CNC(=O)c3ccccc3N(C)S(C)(=O)=O)n2)c1. The van der Waals surface area contributed by atoms with Crippen molar-refractivity contribution >= 4 is 21.6 Å². The maximum atomic E-state index is 12.6. The van der Waals surface area contributed by atoms with Crippen LogP contribution in [0, 0.1) is 0 Å². The number of anilines is 1. The van der Waals surface area contributed by atoms with Gasteiger partial charge in [-0.05, 0) is 24.3 Å². The Labute approximate surface area is 168 Å². The van der Waals surface area contributed by atoms with Gasteiger partial charge in [-0.25, -0.2) is 8.42 Å². The average molecular weight is 416 g/mol. The number of para-hydroxylation sites is 1. The van der Waals surface area contributed by atoms with E-state index < -0.39 is 15.9 Å². The number of carbonyl (C=O) groups excluding carboxylic acids is 1. The number of benzene rings is 2. The van der Waals surface area contributed by atoms with Crippen LogP contribution in [0.2, 0.25) is 0 Å². The summed E-state index contributed by atoms with van der Waals surface area (Å²) in [5, 5.41) is 6.58. The van der Waals surface area contributed by atoms with E-state index in [0.717, 1.165) is 10.6 Å². The predicted octanol–water partition coefficient (Wildman–Crippen LogP) is 2.07. The van der Waals surface area contributed by atoms with Gasteiger partial charge in [0.05, 0.1) is 31.2 Å². The van der Waals surface area contributed by atoms with Crippen LogP contribution in [-0.2, 0) is 16.6 Å². The maximum Gasteiger partial charge on any atom is 0.253 e. The Kier molecular flexibility index (Phi) is 5.83. The number of methoxy groups -OCH3 is 1. The summed E-state index contributed by atoms with van der Waals surface area (Å²) in [4.78, 5) is 16.9.